The molecule has 3 amide bonds. The second kappa shape index (κ2) is 28.9. The highest BCUT2D eigenvalue weighted by Crippen LogP contribution is 2.41. The normalized spacial score (nSPS) is 18.3. The van der Waals surface area contributed by atoms with Gasteiger partial charge in [-0.05, 0) is 92.4 Å². The molecule has 2 aromatic heterocycles. The molecule has 0 radical (unpaired) electrons. The Bertz CT molecular complexity index is 3220. The highest BCUT2D eigenvalue weighted by atomic mass is 35.5. The number of benzene rings is 3. The zero-order valence-corrected chi connectivity index (χ0v) is 52.0. The van der Waals surface area contributed by atoms with Gasteiger partial charge in [-0.2, -0.15) is 26.3 Å². The van der Waals surface area contributed by atoms with Gasteiger partial charge in [0, 0.05) is 82.2 Å². The van der Waals surface area contributed by atoms with Gasteiger partial charge < -0.3 is 50.5 Å². The van der Waals surface area contributed by atoms with Crippen molar-refractivity contribution in [3.8, 4) is 10.4 Å². The molecule has 4 aliphatic heterocycles. The molecule has 1 spiro atoms. The van der Waals surface area contributed by atoms with Crippen molar-refractivity contribution >= 4 is 75.3 Å². The summed E-state index contributed by atoms with van der Waals surface area (Å²) in [6.07, 6.45) is -4.52. The minimum atomic E-state index is -5.08. The molecule has 0 aliphatic carbocycles. The van der Waals surface area contributed by atoms with Crippen LogP contribution in [0.4, 0.5) is 42.4 Å². The summed E-state index contributed by atoms with van der Waals surface area (Å²) < 4.78 is 80.4. The number of amides is 3. The zero-order chi connectivity index (χ0) is 64.6. The third-order valence-corrected chi connectivity index (χ3v) is 17.5. The van der Waals surface area contributed by atoms with E-state index in [1.54, 1.807) is 11.3 Å². The minimum absolute atomic E-state index is 0.0341. The number of likely N-dealkylation sites (tertiary alicyclic amines) is 1. The van der Waals surface area contributed by atoms with E-state index >= 15 is 0 Å². The van der Waals surface area contributed by atoms with Gasteiger partial charge in [0.1, 0.15) is 23.4 Å². The predicted molar refractivity (Wildman–Crippen MR) is 322 cm³/mol. The fourth-order valence-corrected chi connectivity index (χ4v) is 12.5. The van der Waals surface area contributed by atoms with Crippen molar-refractivity contribution in [1.82, 2.24) is 40.3 Å². The van der Waals surface area contributed by atoms with Gasteiger partial charge in [0.05, 0.1) is 46.0 Å². The number of carbonyl (C=O) groups is 5. The molecule has 482 valence electrons. The van der Waals surface area contributed by atoms with E-state index in [1.807, 2.05) is 96.4 Å². The summed E-state index contributed by atoms with van der Waals surface area (Å²) in [5, 5.41) is 35.2. The Labute approximate surface area is 515 Å². The first-order valence-electron chi connectivity index (χ1n) is 29.3. The molecule has 3 aromatic carbocycles. The van der Waals surface area contributed by atoms with Crippen LogP contribution in [0.1, 0.15) is 113 Å². The number of nitrogens with one attached hydrogen (secondary N) is 3. The van der Waals surface area contributed by atoms with E-state index in [0.717, 1.165) is 147 Å². The second-order valence-corrected chi connectivity index (χ2v) is 25.8. The fourth-order valence-electron chi connectivity index (χ4n) is 11.5. The average Bonchev–Trinajstić information content (AvgIpc) is 1.66. The second-order valence-electron chi connectivity index (χ2n) is 24.5. The molecule has 88 heavy (non-hydrogen) atoms. The van der Waals surface area contributed by atoms with E-state index in [0.29, 0.717) is 34.5 Å². The first-order valence-corrected chi connectivity index (χ1v) is 30.6. The Hall–Kier alpha value is -6.61. The lowest BCUT2D eigenvalue weighted by atomic mass is 9.75. The number of carbonyl (C=O) groups excluding carboxylic acids is 3. The fraction of sp³-hybridized carbons (Fsp3) is 0.557. The summed E-state index contributed by atoms with van der Waals surface area (Å²) in [5.41, 5.74) is 9.90. The maximum atomic E-state index is 14.7. The van der Waals surface area contributed by atoms with E-state index in [2.05, 4.69) is 46.3 Å². The quantitative estimate of drug-likeness (QED) is 0.0334. The SMILES string of the molecule is Cc1cc(Cn2c(N3CC4(CNC4)C3)nc3c(N4CCN(CCCCCCCCC(=O)N[C@H](C(=O)N5C[C@@H](O)C[C@H]5C(=O)N[C@@H](C)c5ccc(-c6scnc6C)cc5)C(C)(C)C)CC4)cc(Cl)cc32)cc(C)c1F.O=C(O)C(F)(F)F.O=C(O)C(F)(F)F. The molecule has 4 aliphatic rings. The maximum absolute atomic E-state index is 14.7. The van der Waals surface area contributed by atoms with Gasteiger partial charge in [-0.15, -0.1) is 11.3 Å². The molecular formula is C61H78ClF7N10O8S. The number of nitrogens with zero attached hydrogens (tertiary/aromatic N) is 7. The molecule has 27 heteroatoms. The number of aromatic nitrogens is 3. The number of anilines is 2. The molecule has 6 N–H and O–H groups in total. The molecule has 0 bridgehead atoms. The van der Waals surface area contributed by atoms with E-state index in [4.69, 9.17) is 36.4 Å². The number of unbranched alkanes of at least 4 members (excludes halogenated alkanes) is 5. The Morgan fingerprint density at radius 2 is 1.40 bits per heavy atom. The number of rotatable bonds is 19. The summed E-state index contributed by atoms with van der Waals surface area (Å²) in [6, 6.07) is 14.0. The number of thiazole rings is 1. The number of piperazine rings is 1. The van der Waals surface area contributed by atoms with Crippen LogP contribution >= 0.6 is 22.9 Å². The highest BCUT2D eigenvalue weighted by Gasteiger charge is 2.49. The summed E-state index contributed by atoms with van der Waals surface area (Å²) in [6.45, 7) is 22.7. The topological polar surface area (TPSA) is 226 Å². The van der Waals surface area contributed by atoms with Crippen molar-refractivity contribution in [2.24, 2.45) is 10.8 Å². The number of imidazole rings is 1. The van der Waals surface area contributed by atoms with Crippen LogP contribution < -0.4 is 25.8 Å². The zero-order valence-electron chi connectivity index (χ0n) is 50.4. The summed E-state index contributed by atoms with van der Waals surface area (Å²) in [5.74, 6) is -5.57. The molecule has 9 rings (SSSR count). The van der Waals surface area contributed by atoms with E-state index in [9.17, 15) is 50.2 Å². The number of hydrogen-bond acceptors (Lipinski definition) is 13. The third kappa shape index (κ3) is 17.6. The standard InChI is InChI=1S/C57H76ClFN10O4S.2C2HF3O2/c1-36-24-40(25-37(2)49(36)59)29-69-46-27-43(58)26-45(50(46)64-55(69)67-33-57(34-67)31-60-32-57)66-22-20-65(21-23-66)19-13-11-9-8-10-12-14-48(71)63-52(56(5,6)7)54(73)68-30-44(70)28-47(68)53(72)62-38(3)41-15-17-42(18-16-41)51-39(4)61-35-74-51;2*3-2(4,5)1(6)7/h15-18,24-27,35,38,44,47,52,60,70H,8-14,19-23,28-34H2,1-7H3,(H,62,72)(H,63,71);2*(H,6,7)/t38-,44-,47-,52+;;/m0../s1. The number of halogens is 8. The summed E-state index contributed by atoms with van der Waals surface area (Å²) >= 11 is 8.49. The molecule has 4 saturated heterocycles. The van der Waals surface area contributed by atoms with Crippen molar-refractivity contribution in [2.45, 2.75) is 143 Å². The number of fused-ring (bicyclic) bond motifs is 1. The number of carboxylic acids is 2. The number of β-amino-alcohol motifs (C(OH)–C–C–N with tert-alkyl or cyclic N) is 1. The third-order valence-electron chi connectivity index (χ3n) is 16.3. The highest BCUT2D eigenvalue weighted by molar-refractivity contribution is 7.13. The number of carboxylic acid groups (broad SMARTS) is 2. The van der Waals surface area contributed by atoms with Crippen LogP contribution in [0.5, 0.6) is 0 Å². The van der Waals surface area contributed by atoms with Gasteiger partial charge in [-0.3, -0.25) is 19.3 Å². The largest absolute Gasteiger partial charge is 0.490 e. The molecular weight excluding hydrogens is 1200 g/mol. The van der Waals surface area contributed by atoms with Crippen molar-refractivity contribution in [1.29, 1.82) is 0 Å². The number of hydrogen-bond donors (Lipinski definition) is 6. The van der Waals surface area contributed by atoms with Gasteiger partial charge in [-0.25, -0.2) is 23.9 Å². The van der Waals surface area contributed by atoms with Crippen LogP contribution in [0.3, 0.4) is 0 Å². The van der Waals surface area contributed by atoms with Crippen molar-refractivity contribution < 1.29 is 70.0 Å². The number of aryl methyl sites for hydroxylation is 3. The molecule has 0 saturated carbocycles. The lowest BCUT2D eigenvalue weighted by Crippen LogP contribution is -2.71. The molecule has 18 nitrogen and oxygen atoms in total. The van der Waals surface area contributed by atoms with E-state index in [-0.39, 0.29) is 42.5 Å². The molecule has 0 unspecified atom stereocenters. The Balaban J connectivity index is 0.000000706. The summed E-state index contributed by atoms with van der Waals surface area (Å²) in [7, 11) is 0. The molecule has 6 heterocycles. The van der Waals surface area contributed by atoms with Crippen LogP contribution in [-0.2, 0) is 30.5 Å². The van der Waals surface area contributed by atoms with Gasteiger partial charge in [0.2, 0.25) is 23.7 Å². The van der Waals surface area contributed by atoms with Crippen LogP contribution in [0.15, 0.2) is 54.0 Å². The first kappa shape index (κ1) is 68.9. The van der Waals surface area contributed by atoms with Gasteiger partial charge >= 0.3 is 24.3 Å². The Morgan fingerprint density at radius 1 is 0.818 bits per heavy atom. The minimum Gasteiger partial charge on any atom is -0.475 e. The van der Waals surface area contributed by atoms with Crippen LogP contribution in [0.2, 0.25) is 5.02 Å². The van der Waals surface area contributed by atoms with E-state index < -0.39 is 47.9 Å². The average molecular weight is 1280 g/mol. The van der Waals surface area contributed by atoms with Crippen LogP contribution in [-0.4, -0.2) is 165 Å². The van der Waals surface area contributed by atoms with Crippen LogP contribution in [0, 0.1) is 37.4 Å². The van der Waals surface area contributed by atoms with Gasteiger partial charge in [-0.1, -0.05) is 94.5 Å². The van der Waals surface area contributed by atoms with Crippen LogP contribution in [0.25, 0.3) is 21.5 Å². The molecule has 4 fully saturated rings. The smallest absolute Gasteiger partial charge is 0.475 e. The van der Waals surface area contributed by atoms with Crippen molar-refractivity contribution in [2.75, 3.05) is 75.2 Å². The first-order chi connectivity index (χ1) is 41.2. The molecule has 4 atom stereocenters. The van der Waals surface area contributed by atoms with Crippen molar-refractivity contribution in [3.05, 3.63) is 92.8 Å². The molecule has 5 aromatic rings. The van der Waals surface area contributed by atoms with Gasteiger partial charge in [0.15, 0.2) is 0 Å². The van der Waals surface area contributed by atoms with E-state index in [1.165, 1.54) is 4.90 Å². The number of aliphatic carboxylic acids is 2. The van der Waals surface area contributed by atoms with Gasteiger partial charge in [0.25, 0.3) is 0 Å². The number of alkyl halides is 6. The monoisotopic (exact) mass is 1280 g/mol. The van der Waals surface area contributed by atoms with Crippen molar-refractivity contribution in [3.63, 3.8) is 0 Å². The Morgan fingerprint density at radius 3 is 1.93 bits per heavy atom. The lowest BCUT2D eigenvalue weighted by Gasteiger charge is -2.56. The number of aliphatic hydroxyl groups excluding tert-OH is 1. The Kier molecular flexibility index (Phi) is 22.6. The predicted octanol–water partition coefficient (Wildman–Crippen LogP) is 9.82. The number of aliphatic hydroxyl groups is 1. The lowest BCUT2D eigenvalue weighted by molar-refractivity contribution is -0.193. The maximum Gasteiger partial charge on any atom is 0.490 e. The summed E-state index contributed by atoms with van der Waals surface area (Å²) in [4.78, 5) is 78.7.